The van der Waals surface area contributed by atoms with E-state index in [0.717, 1.165) is 0 Å². The number of esters is 1. The summed E-state index contributed by atoms with van der Waals surface area (Å²) in [6.07, 6.45) is -0.489. The van der Waals surface area contributed by atoms with Crippen LogP contribution in [0.4, 0.5) is 22.0 Å². The minimum atomic E-state index is -2.35. The summed E-state index contributed by atoms with van der Waals surface area (Å²) >= 11 is 0. The van der Waals surface area contributed by atoms with Crippen LogP contribution in [0.25, 0.3) is 0 Å². The van der Waals surface area contributed by atoms with Crippen molar-refractivity contribution in [2.24, 2.45) is 0 Å². The Hall–Kier alpha value is -2.18. The molecule has 1 rings (SSSR count). The minimum Gasteiger partial charge on any atom is -0.420 e. The molecular weight excluding hydrogens is 755 g/mol. The van der Waals surface area contributed by atoms with Crippen LogP contribution in [0.15, 0.2) is 0 Å². The first kappa shape index (κ1) is 50.8. The molecule has 0 radical (unpaired) electrons. The van der Waals surface area contributed by atoms with Crippen LogP contribution in [0.3, 0.4) is 0 Å². The Bertz CT molecular complexity index is 1040. The van der Waals surface area contributed by atoms with E-state index in [9.17, 15) is 26.7 Å². The standard InChI is InChI=1S/C35H57F5O15/c1-2-42-5-6-44-9-10-46-13-14-48-17-18-50-21-22-52-25-26-54-28-27-53-24-23-51-20-19-49-16-15-47-12-11-45-8-7-43-4-3-29(41)55-35-33(39)31(37)30(36)32(38)34(35)40/h2-28H2,1H3. The Morgan fingerprint density at radius 1 is 0.327 bits per heavy atom. The van der Waals surface area contributed by atoms with Gasteiger partial charge in [0.25, 0.3) is 0 Å². The average Bonchev–Trinajstić information content (AvgIpc) is 3.18. The lowest BCUT2D eigenvalue weighted by molar-refractivity contribution is -0.136. The van der Waals surface area contributed by atoms with E-state index in [1.54, 1.807) is 0 Å². The van der Waals surface area contributed by atoms with Crippen LogP contribution in [0.5, 0.6) is 5.75 Å². The van der Waals surface area contributed by atoms with Crippen molar-refractivity contribution in [3.8, 4) is 5.75 Å². The predicted octanol–water partition coefficient (Wildman–Crippen LogP) is 2.91. The monoisotopic (exact) mass is 812 g/mol. The molecule has 0 bridgehead atoms. The van der Waals surface area contributed by atoms with Gasteiger partial charge in [-0.15, -0.1) is 0 Å². The second kappa shape index (κ2) is 37.4. The molecule has 0 atom stereocenters. The number of halogens is 5. The highest BCUT2D eigenvalue weighted by molar-refractivity contribution is 5.72. The topological polar surface area (TPSA) is 146 Å². The van der Waals surface area contributed by atoms with Crippen LogP contribution < -0.4 is 4.74 Å². The lowest BCUT2D eigenvalue weighted by Gasteiger charge is -2.09. The van der Waals surface area contributed by atoms with Crippen molar-refractivity contribution < 1.29 is 93.1 Å². The third-order valence-electron chi connectivity index (χ3n) is 6.50. The molecule has 0 aromatic heterocycles. The highest BCUT2D eigenvalue weighted by Crippen LogP contribution is 2.29. The Kier molecular flexibility index (Phi) is 34.6. The van der Waals surface area contributed by atoms with Crippen LogP contribution in [0.1, 0.15) is 13.3 Å². The van der Waals surface area contributed by atoms with Crippen molar-refractivity contribution in [3.05, 3.63) is 29.1 Å². The normalized spacial score (nSPS) is 11.5. The van der Waals surface area contributed by atoms with Crippen molar-refractivity contribution in [1.82, 2.24) is 0 Å². The van der Waals surface area contributed by atoms with E-state index in [4.69, 9.17) is 61.6 Å². The molecule has 0 saturated carbocycles. The number of benzene rings is 1. The fourth-order valence-electron chi connectivity index (χ4n) is 3.78. The minimum absolute atomic E-state index is 0.0783. The number of hydrogen-bond acceptors (Lipinski definition) is 15. The van der Waals surface area contributed by atoms with Gasteiger partial charge in [0.2, 0.25) is 34.8 Å². The SMILES string of the molecule is CCOCCOCCOCCOCCOCCOCCOCCOCCOCCOCCOCCOCCOCCC(=O)Oc1c(F)c(F)c(F)c(F)c1F. The average molecular weight is 813 g/mol. The fourth-order valence-corrected chi connectivity index (χ4v) is 3.78. The van der Waals surface area contributed by atoms with Crippen LogP contribution in [-0.4, -0.2) is 178 Å². The van der Waals surface area contributed by atoms with Crippen molar-refractivity contribution in [3.63, 3.8) is 0 Å². The smallest absolute Gasteiger partial charge is 0.313 e. The predicted molar refractivity (Wildman–Crippen MR) is 183 cm³/mol. The summed E-state index contributed by atoms with van der Waals surface area (Å²) in [7, 11) is 0. The molecule has 0 saturated heterocycles. The molecule has 0 unspecified atom stereocenters. The number of ether oxygens (including phenoxy) is 14. The maximum Gasteiger partial charge on any atom is 0.313 e. The highest BCUT2D eigenvalue weighted by atomic mass is 19.2. The van der Waals surface area contributed by atoms with Gasteiger partial charge in [0.1, 0.15) is 0 Å². The van der Waals surface area contributed by atoms with Gasteiger partial charge < -0.3 is 66.3 Å². The summed E-state index contributed by atoms with van der Waals surface area (Å²) in [6, 6.07) is 0. The molecule has 322 valence electrons. The molecule has 20 heteroatoms. The van der Waals surface area contributed by atoms with E-state index in [2.05, 4.69) is 4.74 Å². The van der Waals surface area contributed by atoms with E-state index >= 15 is 0 Å². The Morgan fingerprint density at radius 2 is 0.527 bits per heavy atom. The zero-order chi connectivity index (χ0) is 40.0. The van der Waals surface area contributed by atoms with E-state index in [-0.39, 0.29) is 26.4 Å². The zero-order valence-electron chi connectivity index (χ0n) is 31.6. The number of hydrogen-bond donors (Lipinski definition) is 0. The first-order valence-electron chi connectivity index (χ1n) is 18.1. The first-order chi connectivity index (χ1) is 26.9. The molecule has 0 spiro atoms. The molecule has 0 N–H and O–H groups in total. The number of carbonyl (C=O) groups excluding carboxylic acids is 1. The number of rotatable bonds is 41. The lowest BCUT2D eigenvalue weighted by Crippen LogP contribution is -2.16. The van der Waals surface area contributed by atoms with Crippen molar-refractivity contribution >= 4 is 5.97 Å². The van der Waals surface area contributed by atoms with E-state index < -0.39 is 47.2 Å². The Balaban J connectivity index is 1.71. The second-order valence-corrected chi connectivity index (χ2v) is 10.7. The second-order valence-electron chi connectivity index (χ2n) is 10.7. The first-order valence-corrected chi connectivity index (χ1v) is 18.1. The van der Waals surface area contributed by atoms with Gasteiger partial charge in [-0.25, -0.2) is 13.2 Å². The van der Waals surface area contributed by atoms with Gasteiger partial charge in [-0.2, -0.15) is 8.78 Å². The molecule has 1 aromatic rings. The molecule has 0 aliphatic rings. The molecular formula is C35H57F5O15. The summed E-state index contributed by atoms with van der Waals surface area (Å²) in [4.78, 5) is 11.7. The summed E-state index contributed by atoms with van der Waals surface area (Å²) in [6.45, 7) is 12.6. The molecule has 0 heterocycles. The Morgan fingerprint density at radius 3 is 0.764 bits per heavy atom. The maximum atomic E-state index is 13.6. The Labute approximate surface area is 319 Å². The lowest BCUT2D eigenvalue weighted by atomic mass is 10.2. The molecule has 0 fully saturated rings. The molecule has 1 aromatic carbocycles. The van der Waals surface area contributed by atoms with E-state index in [0.29, 0.717) is 145 Å². The van der Waals surface area contributed by atoms with Gasteiger partial charge in [0.05, 0.1) is 172 Å². The van der Waals surface area contributed by atoms with Gasteiger partial charge in [0, 0.05) is 6.61 Å². The number of carbonyl (C=O) groups is 1. The molecule has 15 nitrogen and oxygen atoms in total. The van der Waals surface area contributed by atoms with Crippen molar-refractivity contribution in [1.29, 1.82) is 0 Å². The summed E-state index contributed by atoms with van der Waals surface area (Å²) < 4.78 is 141. The van der Waals surface area contributed by atoms with Crippen LogP contribution in [-0.2, 0) is 66.4 Å². The third kappa shape index (κ3) is 28.8. The molecule has 0 amide bonds. The van der Waals surface area contributed by atoms with Gasteiger partial charge in [-0.3, -0.25) is 4.79 Å². The van der Waals surface area contributed by atoms with Crippen molar-refractivity contribution in [2.75, 3.05) is 172 Å². The van der Waals surface area contributed by atoms with Crippen LogP contribution in [0, 0.1) is 29.1 Å². The molecule has 55 heavy (non-hydrogen) atoms. The van der Waals surface area contributed by atoms with E-state index in [1.807, 2.05) is 6.92 Å². The molecule has 0 aliphatic carbocycles. The van der Waals surface area contributed by atoms with Gasteiger partial charge in [-0.05, 0) is 6.92 Å². The van der Waals surface area contributed by atoms with Gasteiger partial charge in [0.15, 0.2) is 0 Å². The summed E-state index contributed by atoms with van der Waals surface area (Å²) in [5.41, 5.74) is 0. The quantitative estimate of drug-likeness (QED) is 0.0238. The summed E-state index contributed by atoms with van der Waals surface area (Å²) in [5.74, 6) is -14.1. The largest absolute Gasteiger partial charge is 0.420 e. The fraction of sp³-hybridized carbons (Fsp3) is 0.800. The maximum absolute atomic E-state index is 13.6. The van der Waals surface area contributed by atoms with Gasteiger partial charge in [-0.1, -0.05) is 0 Å². The van der Waals surface area contributed by atoms with Crippen LogP contribution in [0.2, 0.25) is 0 Å². The third-order valence-corrected chi connectivity index (χ3v) is 6.50. The van der Waals surface area contributed by atoms with E-state index in [1.165, 1.54) is 0 Å². The van der Waals surface area contributed by atoms with Gasteiger partial charge >= 0.3 is 5.97 Å². The van der Waals surface area contributed by atoms with Crippen LogP contribution >= 0.6 is 0 Å². The van der Waals surface area contributed by atoms with Crippen molar-refractivity contribution in [2.45, 2.75) is 13.3 Å². The zero-order valence-corrected chi connectivity index (χ0v) is 31.6. The highest BCUT2D eigenvalue weighted by Gasteiger charge is 2.28. The summed E-state index contributed by atoms with van der Waals surface area (Å²) in [5, 5.41) is 0. The molecule has 0 aliphatic heterocycles.